The molecule has 5 atom stereocenters. The minimum absolute atomic E-state index is 0.0457. The number of rotatable bonds is 5. The molecular formula is C41H39N5. The third kappa shape index (κ3) is 4.81. The summed E-state index contributed by atoms with van der Waals surface area (Å²) in [6.07, 6.45) is 22.1. The second-order valence-corrected chi connectivity index (χ2v) is 13.3. The van der Waals surface area contributed by atoms with Crippen LogP contribution in [0.2, 0.25) is 0 Å². The monoisotopic (exact) mass is 601 g/mol. The summed E-state index contributed by atoms with van der Waals surface area (Å²) in [5.74, 6) is 1.77. The van der Waals surface area contributed by atoms with Crippen molar-refractivity contribution in [3.05, 3.63) is 153 Å². The first-order valence-electron chi connectivity index (χ1n) is 16.9. The first kappa shape index (κ1) is 27.6. The van der Waals surface area contributed by atoms with Crippen molar-refractivity contribution in [2.24, 2.45) is 21.8 Å². The summed E-state index contributed by atoms with van der Waals surface area (Å²) in [6, 6.07) is 26.4. The molecule has 3 aromatic carbocycles. The van der Waals surface area contributed by atoms with Gasteiger partial charge in [-0.3, -0.25) is 5.32 Å². The first-order valence-corrected chi connectivity index (χ1v) is 16.9. The van der Waals surface area contributed by atoms with Crippen LogP contribution in [0.5, 0.6) is 0 Å². The van der Waals surface area contributed by atoms with Gasteiger partial charge in [-0.1, -0.05) is 115 Å². The van der Waals surface area contributed by atoms with Crippen molar-refractivity contribution in [3.63, 3.8) is 0 Å². The molecule has 0 amide bonds. The van der Waals surface area contributed by atoms with Gasteiger partial charge in [0.25, 0.3) is 0 Å². The topological polar surface area (TPSA) is 60.8 Å². The number of benzene rings is 3. The Labute approximate surface area is 271 Å². The summed E-state index contributed by atoms with van der Waals surface area (Å²) in [5.41, 5.74) is 13.8. The smallest absolute Gasteiger partial charge is 0.143 e. The SMILES string of the molecule is C1=CC2=C(CC1)C(C1CC(C3N=C(c4cccc5c4CCC=C5)NC(c4ccccc4)N3)=CC=C1C1N=CN1)Cc1ccccc12. The second kappa shape index (κ2) is 11.6. The summed E-state index contributed by atoms with van der Waals surface area (Å²) >= 11 is 0. The highest BCUT2D eigenvalue weighted by Crippen LogP contribution is 2.48. The van der Waals surface area contributed by atoms with Gasteiger partial charge in [0.1, 0.15) is 24.3 Å². The lowest BCUT2D eigenvalue weighted by Crippen LogP contribution is -2.50. The maximum atomic E-state index is 5.46. The Morgan fingerprint density at radius 3 is 2.43 bits per heavy atom. The Balaban J connectivity index is 1.12. The molecule has 2 aliphatic heterocycles. The van der Waals surface area contributed by atoms with Gasteiger partial charge in [-0.25, -0.2) is 9.98 Å². The quantitative estimate of drug-likeness (QED) is 0.285. The zero-order chi connectivity index (χ0) is 30.5. The van der Waals surface area contributed by atoms with Crippen LogP contribution in [-0.2, 0) is 12.8 Å². The van der Waals surface area contributed by atoms with E-state index in [0.29, 0.717) is 11.8 Å². The van der Waals surface area contributed by atoms with Crippen molar-refractivity contribution in [1.29, 1.82) is 0 Å². The van der Waals surface area contributed by atoms with Crippen molar-refractivity contribution < 1.29 is 0 Å². The van der Waals surface area contributed by atoms with Gasteiger partial charge in [0.05, 0.1) is 6.34 Å². The van der Waals surface area contributed by atoms with Crippen LogP contribution in [0.25, 0.3) is 11.6 Å². The van der Waals surface area contributed by atoms with E-state index in [-0.39, 0.29) is 18.5 Å². The van der Waals surface area contributed by atoms with E-state index in [9.17, 15) is 0 Å². The second-order valence-electron chi connectivity index (χ2n) is 13.3. The molecule has 5 nitrogen and oxygen atoms in total. The lowest BCUT2D eigenvalue weighted by atomic mass is 9.65. The lowest BCUT2D eigenvalue weighted by Gasteiger charge is -2.42. The van der Waals surface area contributed by atoms with Crippen LogP contribution in [0.3, 0.4) is 0 Å². The average molecular weight is 602 g/mol. The van der Waals surface area contributed by atoms with Crippen LogP contribution < -0.4 is 16.0 Å². The highest BCUT2D eigenvalue weighted by atomic mass is 15.3. The van der Waals surface area contributed by atoms with Crippen molar-refractivity contribution in [2.75, 3.05) is 0 Å². The number of hydrogen-bond acceptors (Lipinski definition) is 5. The number of fused-ring (bicyclic) bond motifs is 3. The lowest BCUT2D eigenvalue weighted by molar-refractivity contribution is 0.357. The first-order chi connectivity index (χ1) is 22.8. The van der Waals surface area contributed by atoms with Gasteiger partial charge in [0.2, 0.25) is 0 Å². The zero-order valence-corrected chi connectivity index (χ0v) is 26.0. The molecule has 0 spiro atoms. The fraction of sp³-hybridized carbons (Fsp3) is 0.268. The van der Waals surface area contributed by atoms with Crippen LogP contribution in [0.4, 0.5) is 0 Å². The standard InChI is InChI=1S/C41H39N5/c1-2-12-27(13-3-1)38-44-39(46-41(45-38)34-20-10-15-26-11-4-6-16-30(26)34)29-21-22-35(40-42-25-43-40)37(24-29)36-23-28-14-5-7-17-31(28)32-18-8-9-19-33(32)36/h1-5,7-8,10-15,17-18,20-22,25,36-40,44H,6,9,16,19,23-24H2,(H,42,43)(H,45,46). The Kier molecular flexibility index (Phi) is 6.93. The molecular weight excluding hydrogens is 562 g/mol. The Morgan fingerprint density at radius 2 is 1.54 bits per heavy atom. The van der Waals surface area contributed by atoms with E-state index in [2.05, 4.69) is 125 Å². The van der Waals surface area contributed by atoms with Crippen LogP contribution in [0.1, 0.15) is 65.2 Å². The van der Waals surface area contributed by atoms with Crippen molar-refractivity contribution in [1.82, 2.24) is 16.0 Å². The molecule has 0 saturated carbocycles. The maximum absolute atomic E-state index is 5.46. The number of aliphatic imine (C=N–C) groups is 2. The number of amidine groups is 1. The van der Waals surface area contributed by atoms with E-state index in [1.165, 1.54) is 50.1 Å². The molecule has 3 aromatic rings. The Hall–Kier alpha value is -4.74. The van der Waals surface area contributed by atoms with Crippen LogP contribution in [0.15, 0.2) is 130 Å². The maximum Gasteiger partial charge on any atom is 0.143 e. The molecule has 5 heteroatoms. The van der Waals surface area contributed by atoms with Crippen molar-refractivity contribution in [2.45, 2.75) is 57.0 Å². The molecule has 6 aliphatic rings. The van der Waals surface area contributed by atoms with E-state index in [4.69, 9.17) is 9.98 Å². The summed E-state index contributed by atoms with van der Waals surface area (Å²) in [7, 11) is 0. The Bertz CT molecular complexity index is 1910. The van der Waals surface area contributed by atoms with Crippen LogP contribution in [-0.4, -0.2) is 24.5 Å². The van der Waals surface area contributed by atoms with E-state index in [0.717, 1.165) is 44.4 Å². The fourth-order valence-electron chi connectivity index (χ4n) is 8.41. The van der Waals surface area contributed by atoms with Gasteiger partial charge in [0, 0.05) is 5.56 Å². The number of nitrogens with one attached hydrogen (secondary N) is 3. The molecule has 0 radical (unpaired) electrons. The summed E-state index contributed by atoms with van der Waals surface area (Å²) < 4.78 is 0. The van der Waals surface area contributed by atoms with Gasteiger partial charge in [-0.2, -0.15) is 0 Å². The summed E-state index contributed by atoms with van der Waals surface area (Å²) in [5, 5.41) is 11.2. The molecule has 0 saturated heterocycles. The molecule has 0 bridgehead atoms. The molecule has 2 heterocycles. The third-order valence-corrected chi connectivity index (χ3v) is 10.7. The van der Waals surface area contributed by atoms with Crippen molar-refractivity contribution in [3.8, 4) is 0 Å². The molecule has 0 aromatic heterocycles. The highest BCUT2D eigenvalue weighted by Gasteiger charge is 2.40. The molecule has 3 N–H and O–H groups in total. The van der Waals surface area contributed by atoms with Gasteiger partial charge in [0.15, 0.2) is 0 Å². The molecule has 5 unspecified atom stereocenters. The average Bonchev–Trinajstić information content (AvgIpc) is 3.11. The molecule has 46 heavy (non-hydrogen) atoms. The van der Waals surface area contributed by atoms with Gasteiger partial charge >= 0.3 is 0 Å². The zero-order valence-electron chi connectivity index (χ0n) is 26.0. The van der Waals surface area contributed by atoms with E-state index in [1.54, 1.807) is 5.57 Å². The van der Waals surface area contributed by atoms with E-state index >= 15 is 0 Å². The minimum atomic E-state index is -0.134. The number of hydrogen-bond donors (Lipinski definition) is 3. The normalized spacial score (nSPS) is 27.6. The summed E-state index contributed by atoms with van der Waals surface area (Å²) in [4.78, 5) is 10.2. The molecule has 9 rings (SSSR count). The predicted molar refractivity (Wildman–Crippen MR) is 188 cm³/mol. The molecule has 228 valence electrons. The van der Waals surface area contributed by atoms with Gasteiger partial charge in [-0.15, -0.1) is 0 Å². The minimum Gasteiger partial charge on any atom is -0.351 e. The summed E-state index contributed by atoms with van der Waals surface area (Å²) in [6.45, 7) is 0. The molecule has 4 aliphatic carbocycles. The van der Waals surface area contributed by atoms with Gasteiger partial charge < -0.3 is 10.6 Å². The predicted octanol–water partition coefficient (Wildman–Crippen LogP) is 7.42. The van der Waals surface area contributed by atoms with E-state index in [1.807, 2.05) is 6.34 Å². The van der Waals surface area contributed by atoms with Gasteiger partial charge in [-0.05, 0) is 94.9 Å². The van der Waals surface area contributed by atoms with Crippen LogP contribution >= 0.6 is 0 Å². The largest absolute Gasteiger partial charge is 0.351 e. The third-order valence-electron chi connectivity index (χ3n) is 10.7. The van der Waals surface area contributed by atoms with Crippen LogP contribution in [0, 0.1) is 11.8 Å². The van der Waals surface area contributed by atoms with Crippen molar-refractivity contribution >= 4 is 23.8 Å². The Morgan fingerprint density at radius 1 is 0.717 bits per heavy atom. The molecule has 0 fully saturated rings. The number of allylic oxidation sites excluding steroid dienone is 7. The fourth-order valence-corrected chi connectivity index (χ4v) is 8.41. The van der Waals surface area contributed by atoms with E-state index < -0.39 is 0 Å². The number of nitrogens with zero attached hydrogens (tertiary/aromatic N) is 2. The highest BCUT2D eigenvalue weighted by molar-refractivity contribution is 6.01.